The van der Waals surface area contributed by atoms with Crippen molar-refractivity contribution in [1.82, 2.24) is 14.5 Å². The van der Waals surface area contributed by atoms with Crippen LogP contribution >= 0.6 is 23.1 Å². The second kappa shape index (κ2) is 8.28. The molecule has 0 aliphatic carbocycles. The summed E-state index contributed by atoms with van der Waals surface area (Å²) in [5.41, 5.74) is 2.74. The summed E-state index contributed by atoms with van der Waals surface area (Å²) in [6, 6.07) is 7.59. The predicted molar refractivity (Wildman–Crippen MR) is 122 cm³/mol. The smallest absolute Gasteiger partial charge is 0.263 e. The van der Waals surface area contributed by atoms with E-state index in [2.05, 4.69) is 4.98 Å². The zero-order valence-electron chi connectivity index (χ0n) is 17.6. The molecule has 0 atom stereocenters. The third-order valence-corrected chi connectivity index (χ3v) is 7.04. The molecule has 30 heavy (non-hydrogen) atoms. The molecule has 0 radical (unpaired) electrons. The maximum atomic E-state index is 13.1. The lowest BCUT2D eigenvalue weighted by molar-refractivity contribution is 0.415. The quantitative estimate of drug-likeness (QED) is 0.286. The molecule has 6 nitrogen and oxygen atoms in total. The van der Waals surface area contributed by atoms with Gasteiger partial charge in [0.1, 0.15) is 16.8 Å². The first-order chi connectivity index (χ1) is 14.4. The molecule has 4 aromatic rings. The number of benzene rings is 1. The van der Waals surface area contributed by atoms with Gasteiger partial charge in [0.05, 0.1) is 18.2 Å². The number of thiophene rings is 1. The Morgan fingerprint density at radius 3 is 2.60 bits per heavy atom. The van der Waals surface area contributed by atoms with Crippen LogP contribution in [0.4, 0.5) is 0 Å². The molecule has 156 valence electrons. The van der Waals surface area contributed by atoms with E-state index in [1.807, 2.05) is 52.0 Å². The fourth-order valence-electron chi connectivity index (χ4n) is 3.22. The number of aromatic nitrogens is 3. The van der Waals surface area contributed by atoms with Crippen molar-refractivity contribution in [3.63, 3.8) is 0 Å². The maximum absolute atomic E-state index is 13.1. The van der Waals surface area contributed by atoms with Gasteiger partial charge in [0.15, 0.2) is 5.16 Å². The van der Waals surface area contributed by atoms with E-state index >= 15 is 0 Å². The molecule has 0 N–H and O–H groups in total. The highest BCUT2D eigenvalue weighted by atomic mass is 32.2. The molecule has 4 rings (SSSR count). The van der Waals surface area contributed by atoms with Gasteiger partial charge >= 0.3 is 0 Å². The van der Waals surface area contributed by atoms with Crippen LogP contribution in [0.25, 0.3) is 21.7 Å². The molecule has 3 heterocycles. The number of aryl methyl sites for hydroxylation is 2. The monoisotopic (exact) mass is 441 g/mol. The Bertz CT molecular complexity index is 1250. The largest absolute Gasteiger partial charge is 0.497 e. The van der Waals surface area contributed by atoms with E-state index in [4.69, 9.17) is 14.1 Å². The lowest BCUT2D eigenvalue weighted by atomic mass is 10.2. The third kappa shape index (κ3) is 3.77. The molecule has 3 aromatic heterocycles. The topological polar surface area (TPSA) is 70.2 Å². The van der Waals surface area contributed by atoms with E-state index in [0.717, 1.165) is 37.7 Å². The van der Waals surface area contributed by atoms with Crippen LogP contribution in [-0.2, 0) is 5.75 Å². The van der Waals surface area contributed by atoms with Crippen LogP contribution < -0.4 is 10.3 Å². The van der Waals surface area contributed by atoms with E-state index in [9.17, 15) is 4.79 Å². The number of methoxy groups -OCH3 is 1. The fourth-order valence-corrected chi connectivity index (χ4v) is 5.30. The Morgan fingerprint density at radius 1 is 1.20 bits per heavy atom. The minimum atomic E-state index is 0.0173. The Kier molecular flexibility index (Phi) is 5.71. The molecular formula is C22H23N3O3S2. The van der Waals surface area contributed by atoms with Crippen LogP contribution in [0.3, 0.4) is 0 Å². The normalized spacial score (nSPS) is 11.5. The molecule has 0 fully saturated rings. The van der Waals surface area contributed by atoms with Crippen LogP contribution in [0.2, 0.25) is 0 Å². The summed E-state index contributed by atoms with van der Waals surface area (Å²) in [5, 5.41) is 1.44. The van der Waals surface area contributed by atoms with Gasteiger partial charge in [-0.05, 0) is 57.5 Å². The van der Waals surface area contributed by atoms with Gasteiger partial charge in [-0.2, -0.15) is 0 Å². The van der Waals surface area contributed by atoms with Crippen LogP contribution in [-0.4, -0.2) is 21.6 Å². The minimum absolute atomic E-state index is 0.0173. The van der Waals surface area contributed by atoms with E-state index in [0.29, 0.717) is 16.8 Å². The van der Waals surface area contributed by atoms with Gasteiger partial charge in [0.25, 0.3) is 5.56 Å². The van der Waals surface area contributed by atoms with Gasteiger partial charge < -0.3 is 9.15 Å². The summed E-state index contributed by atoms with van der Waals surface area (Å²) < 4.78 is 12.6. The second-order valence-electron chi connectivity index (χ2n) is 7.29. The fraction of sp³-hybridized carbons (Fsp3) is 0.318. The first kappa shape index (κ1) is 20.7. The van der Waals surface area contributed by atoms with E-state index in [1.54, 1.807) is 29.3 Å². The number of oxazole rings is 1. The second-order valence-corrected chi connectivity index (χ2v) is 9.43. The van der Waals surface area contributed by atoms with Crippen LogP contribution in [0.5, 0.6) is 5.75 Å². The van der Waals surface area contributed by atoms with E-state index in [-0.39, 0.29) is 11.6 Å². The molecule has 0 spiro atoms. The summed E-state index contributed by atoms with van der Waals surface area (Å²) in [7, 11) is 1.64. The van der Waals surface area contributed by atoms with Gasteiger partial charge in [-0.1, -0.05) is 11.8 Å². The van der Waals surface area contributed by atoms with Crippen molar-refractivity contribution in [3.8, 4) is 17.2 Å². The minimum Gasteiger partial charge on any atom is -0.497 e. The maximum Gasteiger partial charge on any atom is 0.263 e. The molecule has 0 amide bonds. The lowest BCUT2D eigenvalue weighted by Gasteiger charge is -2.14. The molecule has 0 aliphatic rings. The zero-order valence-corrected chi connectivity index (χ0v) is 19.2. The number of nitrogens with zero attached hydrogens (tertiary/aromatic N) is 3. The molecule has 1 aromatic carbocycles. The van der Waals surface area contributed by atoms with Crippen molar-refractivity contribution < 1.29 is 9.15 Å². The molecule has 0 bridgehead atoms. The lowest BCUT2D eigenvalue weighted by Crippen LogP contribution is -2.24. The number of ether oxygens (including phenoxy) is 1. The average Bonchev–Trinajstić information content (AvgIpc) is 3.31. The van der Waals surface area contributed by atoms with Gasteiger partial charge in [-0.15, -0.1) is 11.3 Å². The average molecular weight is 442 g/mol. The molecule has 0 saturated carbocycles. The van der Waals surface area contributed by atoms with Gasteiger partial charge in [0, 0.05) is 22.2 Å². The van der Waals surface area contributed by atoms with Crippen molar-refractivity contribution in [1.29, 1.82) is 0 Å². The highest BCUT2D eigenvalue weighted by molar-refractivity contribution is 7.98. The van der Waals surface area contributed by atoms with Crippen LogP contribution in [0, 0.1) is 13.8 Å². The zero-order chi connectivity index (χ0) is 21.4. The third-order valence-electron chi connectivity index (χ3n) is 4.96. The predicted octanol–water partition coefficient (Wildman–Crippen LogP) is 5.61. The van der Waals surface area contributed by atoms with Crippen molar-refractivity contribution in [2.75, 3.05) is 7.11 Å². The highest BCUT2D eigenvalue weighted by Crippen LogP contribution is 2.31. The first-order valence-corrected chi connectivity index (χ1v) is 11.4. The van der Waals surface area contributed by atoms with Crippen molar-refractivity contribution in [3.05, 3.63) is 57.0 Å². The summed E-state index contributed by atoms with van der Waals surface area (Å²) >= 11 is 3.07. The van der Waals surface area contributed by atoms with Crippen LogP contribution in [0.1, 0.15) is 36.0 Å². The Balaban J connectivity index is 1.61. The molecule has 8 heteroatoms. The Morgan fingerprint density at radius 2 is 1.93 bits per heavy atom. The van der Waals surface area contributed by atoms with Gasteiger partial charge in [0.2, 0.25) is 5.89 Å². The Labute approximate surface area is 182 Å². The molecule has 0 saturated heterocycles. The van der Waals surface area contributed by atoms with Crippen molar-refractivity contribution in [2.24, 2.45) is 0 Å². The highest BCUT2D eigenvalue weighted by Gasteiger charge is 2.19. The van der Waals surface area contributed by atoms with E-state index in [1.165, 1.54) is 11.8 Å². The molecule has 0 unspecified atom stereocenters. The Hall–Kier alpha value is -2.58. The molecule has 0 aliphatic heterocycles. The number of rotatable bonds is 6. The number of hydrogen-bond donors (Lipinski definition) is 0. The van der Waals surface area contributed by atoms with Crippen molar-refractivity contribution in [2.45, 2.75) is 44.6 Å². The summed E-state index contributed by atoms with van der Waals surface area (Å²) in [6.07, 6.45) is 1.66. The van der Waals surface area contributed by atoms with Crippen LogP contribution in [0.15, 0.2) is 44.9 Å². The SMILES string of the molecule is COc1ccc(-c2nc(CSc3nc4sc(C)c(C)c4c(=O)n3C(C)C)co2)cc1. The number of hydrogen-bond acceptors (Lipinski definition) is 7. The van der Waals surface area contributed by atoms with Crippen molar-refractivity contribution >= 4 is 33.3 Å². The number of thioether (sulfide) groups is 1. The summed E-state index contributed by atoms with van der Waals surface area (Å²) in [5.74, 6) is 1.91. The molecular weight excluding hydrogens is 418 g/mol. The standard InChI is InChI=1S/C22H23N3O3S2/c1-12(2)25-21(26)18-13(3)14(4)30-20(18)24-22(25)29-11-16-10-28-19(23-16)15-6-8-17(27-5)9-7-15/h6-10,12H,11H2,1-5H3. The van der Waals surface area contributed by atoms with Gasteiger partial charge in [-0.3, -0.25) is 9.36 Å². The first-order valence-electron chi connectivity index (χ1n) is 9.63. The number of fused-ring (bicyclic) bond motifs is 1. The van der Waals surface area contributed by atoms with E-state index < -0.39 is 0 Å². The van der Waals surface area contributed by atoms with Gasteiger partial charge in [-0.25, -0.2) is 9.97 Å². The summed E-state index contributed by atoms with van der Waals surface area (Å²) in [4.78, 5) is 24.5. The summed E-state index contributed by atoms with van der Waals surface area (Å²) in [6.45, 7) is 8.03.